The van der Waals surface area contributed by atoms with Crippen LogP contribution in [0, 0.1) is 0 Å². The minimum absolute atomic E-state index is 0.0586. The Morgan fingerprint density at radius 2 is 1.82 bits per heavy atom. The Morgan fingerprint density at radius 1 is 1.27 bits per heavy atom. The SMILES string of the molecule is CC[SH](C)c1ccc(N)cc1. The van der Waals surface area contributed by atoms with E-state index in [1.807, 2.05) is 12.1 Å². The van der Waals surface area contributed by atoms with Gasteiger partial charge in [-0.3, -0.25) is 0 Å². The molecule has 0 fully saturated rings. The number of nitrogens with two attached hydrogens (primary N) is 1. The molecule has 1 aromatic carbocycles. The monoisotopic (exact) mass is 169 g/mol. The quantitative estimate of drug-likeness (QED) is 0.515. The molecule has 11 heavy (non-hydrogen) atoms. The van der Waals surface area contributed by atoms with E-state index >= 15 is 0 Å². The molecule has 0 aliphatic rings. The largest absolute Gasteiger partial charge is 0.399 e. The zero-order valence-electron chi connectivity index (χ0n) is 7.04. The Morgan fingerprint density at radius 3 is 2.27 bits per heavy atom. The topological polar surface area (TPSA) is 26.0 Å². The fourth-order valence-electron chi connectivity index (χ4n) is 0.911. The number of thiol groups is 1. The maximum Gasteiger partial charge on any atom is 0.0314 e. The van der Waals surface area contributed by atoms with Crippen LogP contribution in [0.1, 0.15) is 6.92 Å². The lowest BCUT2D eigenvalue weighted by atomic mass is 10.3. The maximum atomic E-state index is 5.58. The van der Waals surface area contributed by atoms with Crippen LogP contribution >= 0.6 is 10.9 Å². The highest BCUT2D eigenvalue weighted by atomic mass is 32.2. The number of hydrogen-bond donors (Lipinski definition) is 2. The standard InChI is InChI=1S/C9H15NS/c1-3-11(2)9-6-4-8(10)5-7-9/h4-7,11H,3,10H2,1-2H3. The smallest absolute Gasteiger partial charge is 0.0314 e. The van der Waals surface area contributed by atoms with E-state index < -0.39 is 0 Å². The molecule has 0 radical (unpaired) electrons. The summed E-state index contributed by atoms with van der Waals surface area (Å²) in [6, 6.07) is 8.21. The second-order valence-electron chi connectivity index (χ2n) is 2.61. The van der Waals surface area contributed by atoms with E-state index in [1.54, 1.807) is 0 Å². The molecule has 0 aliphatic carbocycles. The van der Waals surface area contributed by atoms with Crippen molar-refractivity contribution in [2.75, 3.05) is 17.7 Å². The van der Waals surface area contributed by atoms with Crippen LogP contribution in [0.25, 0.3) is 0 Å². The molecule has 0 amide bonds. The van der Waals surface area contributed by atoms with Crippen molar-refractivity contribution in [2.45, 2.75) is 11.8 Å². The van der Waals surface area contributed by atoms with Gasteiger partial charge in [0.15, 0.2) is 0 Å². The van der Waals surface area contributed by atoms with Crippen LogP contribution in [0.5, 0.6) is 0 Å². The molecule has 0 heterocycles. The first-order chi connectivity index (χ1) is 5.24. The highest BCUT2D eigenvalue weighted by Crippen LogP contribution is 2.31. The molecule has 0 aliphatic heterocycles. The van der Waals surface area contributed by atoms with Crippen molar-refractivity contribution in [1.29, 1.82) is 0 Å². The molecule has 62 valence electrons. The molecule has 0 saturated carbocycles. The molecule has 2 N–H and O–H groups in total. The first-order valence-corrected chi connectivity index (χ1v) is 5.78. The first kappa shape index (κ1) is 8.47. The lowest BCUT2D eigenvalue weighted by molar-refractivity contribution is 1.41. The molecule has 2 heteroatoms. The van der Waals surface area contributed by atoms with Crippen LogP contribution in [-0.4, -0.2) is 12.0 Å². The van der Waals surface area contributed by atoms with Crippen molar-refractivity contribution in [3.63, 3.8) is 0 Å². The highest BCUT2D eigenvalue weighted by molar-refractivity contribution is 8.16. The van der Waals surface area contributed by atoms with Crippen LogP contribution in [0.2, 0.25) is 0 Å². The van der Waals surface area contributed by atoms with Crippen LogP contribution < -0.4 is 5.73 Å². The Hall–Kier alpha value is -0.630. The van der Waals surface area contributed by atoms with Gasteiger partial charge in [-0.25, -0.2) is 10.9 Å². The van der Waals surface area contributed by atoms with Gasteiger partial charge >= 0.3 is 0 Å². The Balaban J connectivity index is 2.81. The summed E-state index contributed by atoms with van der Waals surface area (Å²) in [4.78, 5) is 1.44. The Bertz CT molecular complexity index is 218. The second-order valence-corrected chi connectivity index (χ2v) is 5.15. The summed E-state index contributed by atoms with van der Waals surface area (Å²) in [5.74, 6) is 1.25. The average molecular weight is 169 g/mol. The van der Waals surface area contributed by atoms with Gasteiger partial charge < -0.3 is 5.73 Å². The Labute approximate surface area is 71.0 Å². The molecule has 0 spiro atoms. The van der Waals surface area contributed by atoms with Crippen molar-refractivity contribution < 1.29 is 0 Å². The zero-order chi connectivity index (χ0) is 8.27. The number of benzene rings is 1. The van der Waals surface area contributed by atoms with E-state index in [9.17, 15) is 0 Å². The molecule has 1 unspecified atom stereocenters. The maximum absolute atomic E-state index is 5.58. The first-order valence-electron chi connectivity index (χ1n) is 3.80. The summed E-state index contributed by atoms with van der Waals surface area (Å²) in [5.41, 5.74) is 6.43. The van der Waals surface area contributed by atoms with E-state index in [-0.39, 0.29) is 10.9 Å². The van der Waals surface area contributed by atoms with Crippen LogP contribution in [0.15, 0.2) is 29.2 Å². The number of hydrogen-bond acceptors (Lipinski definition) is 1. The summed E-state index contributed by atoms with van der Waals surface area (Å²) < 4.78 is 0. The van der Waals surface area contributed by atoms with Gasteiger partial charge in [0.2, 0.25) is 0 Å². The van der Waals surface area contributed by atoms with E-state index in [2.05, 4.69) is 25.3 Å². The molecular formula is C9H15NS. The number of rotatable bonds is 2. The van der Waals surface area contributed by atoms with Gasteiger partial charge in [0.1, 0.15) is 0 Å². The van der Waals surface area contributed by atoms with Gasteiger partial charge in [0.05, 0.1) is 0 Å². The summed E-state index contributed by atoms with van der Waals surface area (Å²) in [5, 5.41) is 0. The Kier molecular flexibility index (Phi) is 2.83. The molecule has 0 bridgehead atoms. The number of anilines is 1. The van der Waals surface area contributed by atoms with Crippen LogP contribution in [-0.2, 0) is 0 Å². The predicted octanol–water partition coefficient (Wildman–Crippen LogP) is 2.28. The van der Waals surface area contributed by atoms with Gasteiger partial charge in [-0.1, -0.05) is 6.92 Å². The van der Waals surface area contributed by atoms with Crippen molar-refractivity contribution in [3.8, 4) is 0 Å². The normalized spacial score (nSPS) is 14.5. The average Bonchev–Trinajstić information content (AvgIpc) is 2.05. The molecule has 0 saturated heterocycles. The highest BCUT2D eigenvalue weighted by Gasteiger charge is 1.96. The van der Waals surface area contributed by atoms with Crippen molar-refractivity contribution in [3.05, 3.63) is 24.3 Å². The third kappa shape index (κ3) is 2.15. The van der Waals surface area contributed by atoms with Gasteiger partial charge in [0, 0.05) is 5.69 Å². The summed E-state index contributed by atoms with van der Waals surface area (Å²) >= 11 is 0. The molecular weight excluding hydrogens is 154 g/mol. The zero-order valence-corrected chi connectivity index (χ0v) is 7.94. The second kappa shape index (κ2) is 3.67. The minimum atomic E-state index is 0.0586. The predicted molar refractivity (Wildman–Crippen MR) is 54.6 cm³/mol. The van der Waals surface area contributed by atoms with Crippen molar-refractivity contribution >= 4 is 16.6 Å². The van der Waals surface area contributed by atoms with Crippen LogP contribution in [0.4, 0.5) is 5.69 Å². The molecule has 1 rings (SSSR count). The lowest BCUT2D eigenvalue weighted by Gasteiger charge is -2.13. The van der Waals surface area contributed by atoms with E-state index in [0.29, 0.717) is 0 Å². The fourth-order valence-corrected chi connectivity index (χ4v) is 1.93. The van der Waals surface area contributed by atoms with Gasteiger partial charge in [-0.2, -0.15) is 0 Å². The van der Waals surface area contributed by atoms with Gasteiger partial charge in [0.25, 0.3) is 0 Å². The van der Waals surface area contributed by atoms with Crippen molar-refractivity contribution in [1.82, 2.24) is 0 Å². The third-order valence-electron chi connectivity index (χ3n) is 1.81. The fraction of sp³-hybridized carbons (Fsp3) is 0.333. The van der Waals surface area contributed by atoms with E-state index in [0.717, 1.165) is 5.69 Å². The molecule has 0 aromatic heterocycles. The summed E-state index contributed by atoms with van der Waals surface area (Å²) in [7, 11) is 0.0586. The molecule has 1 aromatic rings. The van der Waals surface area contributed by atoms with Crippen LogP contribution in [0.3, 0.4) is 0 Å². The lowest BCUT2D eigenvalue weighted by Crippen LogP contribution is -1.86. The summed E-state index contributed by atoms with van der Waals surface area (Å²) in [6.07, 6.45) is 2.29. The molecule has 1 nitrogen and oxygen atoms in total. The third-order valence-corrected chi connectivity index (χ3v) is 3.94. The van der Waals surface area contributed by atoms with E-state index in [1.165, 1.54) is 10.6 Å². The van der Waals surface area contributed by atoms with Gasteiger partial charge in [-0.05, 0) is 41.2 Å². The molecule has 1 atom stereocenters. The minimum Gasteiger partial charge on any atom is -0.399 e. The summed E-state index contributed by atoms with van der Waals surface area (Å²) in [6.45, 7) is 2.22. The van der Waals surface area contributed by atoms with Gasteiger partial charge in [-0.15, -0.1) is 0 Å². The van der Waals surface area contributed by atoms with E-state index in [4.69, 9.17) is 5.73 Å². The van der Waals surface area contributed by atoms with Crippen molar-refractivity contribution in [2.24, 2.45) is 0 Å². The number of nitrogen functional groups attached to an aromatic ring is 1.